The van der Waals surface area contributed by atoms with Gasteiger partial charge in [-0.25, -0.2) is 0 Å². The normalized spacial score (nSPS) is 17.2. The summed E-state index contributed by atoms with van der Waals surface area (Å²) in [4.78, 5) is 0. The van der Waals surface area contributed by atoms with E-state index in [0.29, 0.717) is 24.8 Å². The van der Waals surface area contributed by atoms with Crippen molar-refractivity contribution in [2.75, 3.05) is 24.7 Å². The first-order valence-electron chi connectivity index (χ1n) is 7.54. The Morgan fingerprint density at radius 2 is 1.90 bits per heavy atom. The van der Waals surface area contributed by atoms with Crippen molar-refractivity contribution in [2.45, 2.75) is 32.1 Å². The second-order valence-corrected chi connectivity index (χ2v) is 7.11. The molecule has 1 aliphatic carbocycles. The van der Waals surface area contributed by atoms with Crippen molar-refractivity contribution in [3.8, 4) is 5.75 Å². The Morgan fingerprint density at radius 1 is 1.20 bits per heavy atom. The van der Waals surface area contributed by atoms with Gasteiger partial charge in [-0.05, 0) is 49.4 Å². The first-order chi connectivity index (χ1) is 9.78. The quantitative estimate of drug-likeness (QED) is 0.801. The lowest BCUT2D eigenvalue weighted by atomic mass is 10.1. The highest BCUT2D eigenvalue weighted by atomic mass is 32.2. The highest BCUT2D eigenvalue weighted by Crippen LogP contribution is 2.25. The molecule has 0 saturated heterocycles. The minimum absolute atomic E-state index is 0.537. The molecule has 0 bridgehead atoms. The summed E-state index contributed by atoms with van der Waals surface area (Å²) in [6.07, 6.45) is 6.04. The van der Waals surface area contributed by atoms with E-state index < -0.39 is 10.8 Å². The third-order valence-corrected chi connectivity index (χ3v) is 5.30. The van der Waals surface area contributed by atoms with E-state index in [0.717, 1.165) is 17.9 Å². The Balaban J connectivity index is 1.65. The van der Waals surface area contributed by atoms with Crippen LogP contribution in [0.5, 0.6) is 5.75 Å². The van der Waals surface area contributed by atoms with Gasteiger partial charge in [0, 0.05) is 16.6 Å². The first kappa shape index (κ1) is 15.5. The molecule has 1 fully saturated rings. The summed E-state index contributed by atoms with van der Waals surface area (Å²) in [5.41, 5.74) is 6.74. The Kier molecular flexibility index (Phi) is 6.54. The van der Waals surface area contributed by atoms with Crippen LogP contribution in [0.3, 0.4) is 0 Å². The minimum Gasteiger partial charge on any atom is -0.493 e. The average molecular weight is 295 g/mol. The molecular formula is C16H25NO2S. The molecule has 0 radical (unpaired) electrons. The fraction of sp³-hybridized carbons (Fsp3) is 0.625. The van der Waals surface area contributed by atoms with Crippen molar-refractivity contribution in [3.05, 3.63) is 29.8 Å². The molecule has 3 nitrogen and oxygen atoms in total. The van der Waals surface area contributed by atoms with Crippen LogP contribution in [0, 0.1) is 5.92 Å². The molecule has 1 aromatic carbocycles. The van der Waals surface area contributed by atoms with Crippen LogP contribution in [0.25, 0.3) is 0 Å². The molecule has 0 aromatic heterocycles. The monoisotopic (exact) mass is 295 g/mol. The largest absolute Gasteiger partial charge is 0.493 e. The van der Waals surface area contributed by atoms with Gasteiger partial charge in [0.05, 0.1) is 12.4 Å². The number of hydrogen-bond donors (Lipinski definition) is 1. The molecular weight excluding hydrogens is 270 g/mol. The Morgan fingerprint density at radius 3 is 2.55 bits per heavy atom. The van der Waals surface area contributed by atoms with Gasteiger partial charge in [0.1, 0.15) is 5.75 Å². The zero-order valence-corrected chi connectivity index (χ0v) is 12.9. The summed E-state index contributed by atoms with van der Waals surface area (Å²) < 4.78 is 17.6. The molecule has 0 heterocycles. The van der Waals surface area contributed by atoms with E-state index in [1.54, 1.807) is 0 Å². The molecule has 20 heavy (non-hydrogen) atoms. The smallest absolute Gasteiger partial charge is 0.119 e. The predicted octanol–water partition coefficient (Wildman–Crippen LogP) is 2.51. The summed E-state index contributed by atoms with van der Waals surface area (Å²) in [7, 11) is -0.732. The molecule has 1 atom stereocenters. The van der Waals surface area contributed by atoms with Crippen LogP contribution < -0.4 is 10.5 Å². The molecule has 0 amide bonds. The van der Waals surface area contributed by atoms with Crippen molar-refractivity contribution >= 4 is 10.8 Å². The van der Waals surface area contributed by atoms with Crippen LogP contribution in [0.1, 0.15) is 31.2 Å². The van der Waals surface area contributed by atoms with E-state index in [4.69, 9.17) is 10.5 Å². The molecule has 1 aromatic rings. The second kappa shape index (κ2) is 8.42. The molecule has 2 rings (SSSR count). The minimum atomic E-state index is -0.732. The van der Waals surface area contributed by atoms with Gasteiger partial charge in [-0.15, -0.1) is 0 Å². The standard InChI is InChI=1S/C16H25NO2S/c17-10-9-14-5-7-16(8-6-14)19-11-12-20(18)13-15-3-1-2-4-15/h5-8,15H,1-4,9-13,17H2. The van der Waals surface area contributed by atoms with Gasteiger partial charge in [-0.3, -0.25) is 4.21 Å². The maximum Gasteiger partial charge on any atom is 0.119 e. The van der Waals surface area contributed by atoms with Crippen LogP contribution in [-0.4, -0.2) is 28.9 Å². The van der Waals surface area contributed by atoms with Gasteiger partial charge < -0.3 is 10.5 Å². The summed E-state index contributed by atoms with van der Waals surface area (Å²) in [5, 5.41) is 0. The van der Waals surface area contributed by atoms with Gasteiger partial charge in [-0.1, -0.05) is 25.0 Å². The molecule has 112 valence electrons. The first-order valence-corrected chi connectivity index (χ1v) is 9.03. The Bertz CT molecular complexity index is 413. The van der Waals surface area contributed by atoms with Gasteiger partial charge in [0.15, 0.2) is 0 Å². The number of ether oxygens (including phenoxy) is 1. The summed E-state index contributed by atoms with van der Waals surface area (Å²) in [6.45, 7) is 1.20. The number of nitrogens with two attached hydrogens (primary N) is 1. The highest BCUT2D eigenvalue weighted by molar-refractivity contribution is 7.85. The maximum atomic E-state index is 11.9. The van der Waals surface area contributed by atoms with Gasteiger partial charge in [0.25, 0.3) is 0 Å². The van der Waals surface area contributed by atoms with Crippen LogP contribution in [-0.2, 0) is 17.2 Å². The zero-order valence-electron chi connectivity index (χ0n) is 12.1. The second-order valence-electron chi connectivity index (χ2n) is 5.49. The highest BCUT2D eigenvalue weighted by Gasteiger charge is 2.17. The van der Waals surface area contributed by atoms with E-state index >= 15 is 0 Å². The molecule has 2 N–H and O–H groups in total. The number of rotatable bonds is 8. The Hall–Kier alpha value is -0.870. The third kappa shape index (κ3) is 5.25. The lowest BCUT2D eigenvalue weighted by molar-refractivity contribution is 0.342. The molecule has 1 saturated carbocycles. The topological polar surface area (TPSA) is 52.3 Å². The average Bonchev–Trinajstić information content (AvgIpc) is 2.94. The summed E-state index contributed by atoms with van der Waals surface area (Å²) >= 11 is 0. The van der Waals surface area contributed by atoms with E-state index in [9.17, 15) is 4.21 Å². The van der Waals surface area contributed by atoms with Crippen molar-refractivity contribution in [1.29, 1.82) is 0 Å². The third-order valence-electron chi connectivity index (χ3n) is 3.83. The van der Waals surface area contributed by atoms with Gasteiger partial charge in [0.2, 0.25) is 0 Å². The van der Waals surface area contributed by atoms with Gasteiger partial charge >= 0.3 is 0 Å². The van der Waals surface area contributed by atoms with Crippen LogP contribution in [0.15, 0.2) is 24.3 Å². The maximum absolute atomic E-state index is 11.9. The van der Waals surface area contributed by atoms with E-state index in [2.05, 4.69) is 0 Å². The van der Waals surface area contributed by atoms with Crippen LogP contribution in [0.2, 0.25) is 0 Å². The fourth-order valence-electron chi connectivity index (χ4n) is 2.69. The zero-order chi connectivity index (χ0) is 14.2. The van der Waals surface area contributed by atoms with E-state index in [1.807, 2.05) is 24.3 Å². The summed E-state index contributed by atoms with van der Waals surface area (Å²) in [6, 6.07) is 8.01. The van der Waals surface area contributed by atoms with E-state index in [1.165, 1.54) is 31.2 Å². The molecule has 1 aliphatic rings. The van der Waals surface area contributed by atoms with Crippen LogP contribution in [0.4, 0.5) is 0 Å². The van der Waals surface area contributed by atoms with Crippen molar-refractivity contribution in [2.24, 2.45) is 11.7 Å². The Labute approximate surface area is 124 Å². The van der Waals surface area contributed by atoms with Crippen molar-refractivity contribution < 1.29 is 8.95 Å². The number of benzene rings is 1. The molecule has 0 spiro atoms. The SMILES string of the molecule is NCCc1ccc(OCCS(=O)CC2CCCC2)cc1. The van der Waals surface area contributed by atoms with Gasteiger partial charge in [-0.2, -0.15) is 0 Å². The molecule has 4 heteroatoms. The molecule has 0 aliphatic heterocycles. The fourth-order valence-corrected chi connectivity index (χ4v) is 3.99. The van der Waals surface area contributed by atoms with Crippen molar-refractivity contribution in [3.63, 3.8) is 0 Å². The lowest BCUT2D eigenvalue weighted by Gasteiger charge is -2.10. The van der Waals surface area contributed by atoms with Crippen LogP contribution >= 0.6 is 0 Å². The summed E-state index contributed by atoms with van der Waals surface area (Å²) in [5.74, 6) is 3.04. The predicted molar refractivity (Wildman–Crippen MR) is 84.5 cm³/mol. The lowest BCUT2D eigenvalue weighted by Crippen LogP contribution is -2.15. The number of hydrogen-bond acceptors (Lipinski definition) is 3. The van der Waals surface area contributed by atoms with Crippen molar-refractivity contribution in [1.82, 2.24) is 0 Å². The molecule has 1 unspecified atom stereocenters. The van der Waals surface area contributed by atoms with E-state index in [-0.39, 0.29) is 0 Å².